The van der Waals surface area contributed by atoms with E-state index in [2.05, 4.69) is 36.1 Å². The molecule has 1 N–H and O–H groups in total. The van der Waals surface area contributed by atoms with Gasteiger partial charge in [0.1, 0.15) is 0 Å². The molecule has 0 spiro atoms. The highest BCUT2D eigenvalue weighted by Crippen LogP contribution is 2.33. The maximum absolute atomic E-state index is 3.96. The summed E-state index contributed by atoms with van der Waals surface area (Å²) < 4.78 is 0. The number of likely N-dealkylation sites (tertiary alicyclic amines) is 1. The van der Waals surface area contributed by atoms with Crippen LogP contribution in [0.15, 0.2) is 0 Å². The molecule has 104 valence electrons. The fourth-order valence-electron chi connectivity index (χ4n) is 4.40. The third kappa shape index (κ3) is 2.45. The van der Waals surface area contributed by atoms with Crippen LogP contribution in [0, 0.1) is 0 Å². The van der Waals surface area contributed by atoms with Crippen molar-refractivity contribution in [2.45, 2.75) is 75.7 Å². The van der Waals surface area contributed by atoms with Gasteiger partial charge in [0.2, 0.25) is 0 Å². The molecule has 0 aromatic heterocycles. The highest BCUT2D eigenvalue weighted by atomic mass is 15.2. The van der Waals surface area contributed by atoms with Gasteiger partial charge in [-0.1, -0.05) is 6.42 Å². The molecule has 0 aromatic carbocycles. The SMILES string of the molecule is CC1CC(NC2CC3CCCC(C2)N3C)CN1C. The van der Waals surface area contributed by atoms with Gasteiger partial charge in [-0.3, -0.25) is 0 Å². The standard InChI is InChI=1S/C15H29N3/c1-11-7-13(10-17(11)2)16-12-8-14-5-4-6-15(9-12)18(14)3/h11-16H,4-10H2,1-3H3. The lowest BCUT2D eigenvalue weighted by Gasteiger charge is -2.47. The van der Waals surface area contributed by atoms with Crippen LogP contribution in [0.3, 0.4) is 0 Å². The molecule has 3 rings (SSSR count). The predicted octanol–water partition coefficient (Wildman–Crippen LogP) is 1.68. The Kier molecular flexibility index (Phi) is 3.65. The molecule has 0 radical (unpaired) electrons. The van der Waals surface area contributed by atoms with Crippen LogP contribution >= 0.6 is 0 Å². The summed E-state index contributed by atoms with van der Waals surface area (Å²) in [6.45, 7) is 3.59. The number of rotatable bonds is 2. The molecule has 3 fully saturated rings. The fraction of sp³-hybridized carbons (Fsp3) is 1.00. The number of hydrogen-bond donors (Lipinski definition) is 1. The highest BCUT2D eigenvalue weighted by molar-refractivity contribution is 4.96. The topological polar surface area (TPSA) is 18.5 Å². The van der Waals surface area contributed by atoms with Crippen LogP contribution < -0.4 is 5.32 Å². The number of piperidine rings is 2. The number of nitrogens with zero attached hydrogens (tertiary/aromatic N) is 2. The Morgan fingerprint density at radius 2 is 1.61 bits per heavy atom. The van der Waals surface area contributed by atoms with Gasteiger partial charge in [0.05, 0.1) is 0 Å². The van der Waals surface area contributed by atoms with Gasteiger partial charge in [-0.05, 0) is 53.1 Å². The second kappa shape index (κ2) is 5.10. The predicted molar refractivity (Wildman–Crippen MR) is 75.8 cm³/mol. The first-order valence-electron chi connectivity index (χ1n) is 7.81. The molecule has 3 aliphatic rings. The second-order valence-electron chi connectivity index (χ2n) is 6.96. The quantitative estimate of drug-likeness (QED) is 0.805. The van der Waals surface area contributed by atoms with E-state index in [-0.39, 0.29) is 0 Å². The third-order valence-electron chi connectivity index (χ3n) is 5.70. The molecule has 3 heteroatoms. The molecule has 0 amide bonds. The molecule has 4 unspecified atom stereocenters. The zero-order valence-corrected chi connectivity index (χ0v) is 12.2. The lowest BCUT2D eigenvalue weighted by Crippen LogP contribution is -2.56. The maximum atomic E-state index is 3.96. The summed E-state index contributed by atoms with van der Waals surface area (Å²) in [6, 6.07) is 3.98. The lowest BCUT2D eigenvalue weighted by molar-refractivity contribution is 0.0461. The summed E-state index contributed by atoms with van der Waals surface area (Å²) in [5.41, 5.74) is 0. The molecule has 18 heavy (non-hydrogen) atoms. The molecule has 2 bridgehead atoms. The average molecular weight is 251 g/mol. The monoisotopic (exact) mass is 251 g/mol. The van der Waals surface area contributed by atoms with Crippen molar-refractivity contribution in [3.63, 3.8) is 0 Å². The summed E-state index contributed by atoms with van der Waals surface area (Å²) in [5.74, 6) is 0. The van der Waals surface area contributed by atoms with Crippen LogP contribution in [0.2, 0.25) is 0 Å². The molecule has 3 aliphatic heterocycles. The molecular formula is C15H29N3. The van der Waals surface area contributed by atoms with E-state index in [1.54, 1.807) is 0 Å². The van der Waals surface area contributed by atoms with Crippen LogP contribution in [-0.2, 0) is 0 Å². The van der Waals surface area contributed by atoms with Gasteiger partial charge in [0, 0.05) is 36.8 Å². The first-order chi connectivity index (χ1) is 8.63. The number of hydrogen-bond acceptors (Lipinski definition) is 3. The van der Waals surface area contributed by atoms with Gasteiger partial charge in [0.25, 0.3) is 0 Å². The first kappa shape index (κ1) is 12.9. The average Bonchev–Trinajstić information content (AvgIpc) is 2.59. The van der Waals surface area contributed by atoms with Crippen molar-refractivity contribution in [3.8, 4) is 0 Å². The van der Waals surface area contributed by atoms with Crippen molar-refractivity contribution >= 4 is 0 Å². The van der Waals surface area contributed by atoms with Crippen molar-refractivity contribution in [2.75, 3.05) is 20.6 Å². The van der Waals surface area contributed by atoms with Gasteiger partial charge >= 0.3 is 0 Å². The molecule has 4 atom stereocenters. The van der Waals surface area contributed by atoms with Gasteiger partial charge in [-0.15, -0.1) is 0 Å². The summed E-state index contributed by atoms with van der Waals surface area (Å²) in [6.07, 6.45) is 8.38. The van der Waals surface area contributed by atoms with E-state index < -0.39 is 0 Å². The van der Waals surface area contributed by atoms with E-state index in [4.69, 9.17) is 0 Å². The van der Waals surface area contributed by atoms with Crippen molar-refractivity contribution in [3.05, 3.63) is 0 Å². The second-order valence-corrected chi connectivity index (χ2v) is 6.96. The van der Waals surface area contributed by atoms with Crippen molar-refractivity contribution in [2.24, 2.45) is 0 Å². The van der Waals surface area contributed by atoms with Crippen LogP contribution in [0.1, 0.15) is 45.4 Å². The van der Waals surface area contributed by atoms with E-state index in [1.165, 1.54) is 45.1 Å². The minimum absolute atomic E-state index is 0.735. The molecule has 0 saturated carbocycles. The lowest BCUT2D eigenvalue weighted by atomic mass is 9.82. The molecule has 3 nitrogen and oxygen atoms in total. The molecule has 3 saturated heterocycles. The Bertz CT molecular complexity index is 269. The van der Waals surface area contributed by atoms with Crippen LogP contribution in [-0.4, -0.2) is 60.6 Å². The minimum atomic E-state index is 0.735. The van der Waals surface area contributed by atoms with Crippen molar-refractivity contribution < 1.29 is 0 Å². The smallest absolute Gasteiger partial charge is 0.0212 e. The van der Waals surface area contributed by atoms with Crippen LogP contribution in [0.4, 0.5) is 0 Å². The summed E-state index contributed by atoms with van der Waals surface area (Å²) >= 11 is 0. The normalized spacial score (nSPS) is 46.5. The van der Waals surface area contributed by atoms with Gasteiger partial charge in [-0.25, -0.2) is 0 Å². The van der Waals surface area contributed by atoms with Gasteiger partial charge in [0.15, 0.2) is 0 Å². The van der Waals surface area contributed by atoms with Crippen LogP contribution in [0.25, 0.3) is 0 Å². The molecule has 3 heterocycles. The van der Waals surface area contributed by atoms with Crippen molar-refractivity contribution in [1.82, 2.24) is 15.1 Å². The maximum Gasteiger partial charge on any atom is 0.0212 e. The number of likely N-dealkylation sites (N-methyl/N-ethyl adjacent to an activating group) is 1. The summed E-state index contributed by atoms with van der Waals surface area (Å²) in [4.78, 5) is 5.15. The van der Waals surface area contributed by atoms with Gasteiger partial charge < -0.3 is 15.1 Å². The van der Waals surface area contributed by atoms with E-state index in [9.17, 15) is 0 Å². The Labute approximate surface area is 112 Å². The van der Waals surface area contributed by atoms with E-state index in [1.807, 2.05) is 0 Å². The molecule has 0 aliphatic carbocycles. The van der Waals surface area contributed by atoms with Crippen LogP contribution in [0.5, 0.6) is 0 Å². The highest BCUT2D eigenvalue weighted by Gasteiger charge is 2.37. The minimum Gasteiger partial charge on any atom is -0.310 e. The Morgan fingerprint density at radius 1 is 0.944 bits per heavy atom. The van der Waals surface area contributed by atoms with Gasteiger partial charge in [-0.2, -0.15) is 0 Å². The first-order valence-corrected chi connectivity index (χ1v) is 7.81. The zero-order valence-electron chi connectivity index (χ0n) is 12.2. The Hall–Kier alpha value is -0.120. The largest absolute Gasteiger partial charge is 0.310 e. The van der Waals surface area contributed by atoms with E-state index in [0.29, 0.717) is 0 Å². The van der Waals surface area contributed by atoms with E-state index >= 15 is 0 Å². The molecular weight excluding hydrogens is 222 g/mol. The molecule has 0 aromatic rings. The zero-order chi connectivity index (χ0) is 12.7. The van der Waals surface area contributed by atoms with Crippen molar-refractivity contribution in [1.29, 1.82) is 0 Å². The number of nitrogens with one attached hydrogen (secondary N) is 1. The third-order valence-corrected chi connectivity index (χ3v) is 5.70. The Balaban J connectivity index is 1.55. The fourth-order valence-corrected chi connectivity index (χ4v) is 4.40. The Morgan fingerprint density at radius 3 is 2.17 bits per heavy atom. The summed E-state index contributed by atoms with van der Waals surface area (Å²) in [5, 5.41) is 3.96. The van der Waals surface area contributed by atoms with E-state index in [0.717, 1.165) is 30.2 Å². The summed E-state index contributed by atoms with van der Waals surface area (Å²) in [7, 11) is 4.60. The number of fused-ring (bicyclic) bond motifs is 2.